The van der Waals surface area contributed by atoms with Gasteiger partial charge in [0.1, 0.15) is 15.0 Å². The number of carbonyl (C=O) groups is 1. The van der Waals surface area contributed by atoms with Gasteiger partial charge in [0, 0.05) is 7.05 Å². The zero-order chi connectivity index (χ0) is 18.9. The van der Waals surface area contributed by atoms with Crippen molar-refractivity contribution in [2.45, 2.75) is 11.8 Å². The Morgan fingerprint density at radius 3 is 2.23 bits per heavy atom. The average Bonchev–Trinajstić information content (AvgIpc) is 2.84. The van der Waals surface area contributed by atoms with Crippen molar-refractivity contribution in [2.75, 3.05) is 7.05 Å². The van der Waals surface area contributed by atoms with Gasteiger partial charge < -0.3 is 4.18 Å². The molecule has 0 aliphatic carbocycles. The van der Waals surface area contributed by atoms with Crippen LogP contribution in [0.15, 0.2) is 58.3 Å². The highest BCUT2D eigenvalue weighted by Crippen LogP contribution is 2.31. The maximum Gasteiger partial charge on any atom is 0.339 e. The third kappa shape index (κ3) is 3.98. The van der Waals surface area contributed by atoms with Gasteiger partial charge in [0.2, 0.25) is 0 Å². The molecule has 0 saturated carbocycles. The molecule has 1 aliphatic heterocycles. The Morgan fingerprint density at radius 2 is 1.69 bits per heavy atom. The quantitative estimate of drug-likeness (QED) is 0.440. The SMILES string of the molecule is Cc1ccc(S(=O)(=O)Oc2ccc(C=C3SC(=S)N(C)C3=O)cc2)cc1. The van der Waals surface area contributed by atoms with Crippen LogP contribution in [-0.2, 0) is 14.9 Å². The lowest BCUT2D eigenvalue weighted by Gasteiger charge is -2.07. The molecule has 0 atom stereocenters. The lowest BCUT2D eigenvalue weighted by atomic mass is 10.2. The summed E-state index contributed by atoms with van der Waals surface area (Å²) in [5.41, 5.74) is 1.71. The van der Waals surface area contributed by atoms with Gasteiger partial charge in [-0.1, -0.05) is 53.8 Å². The summed E-state index contributed by atoms with van der Waals surface area (Å²) in [5.74, 6) is 0.0491. The van der Waals surface area contributed by atoms with E-state index in [0.717, 1.165) is 11.1 Å². The monoisotopic (exact) mass is 405 g/mol. The van der Waals surface area contributed by atoms with Crippen molar-refractivity contribution in [3.05, 3.63) is 64.6 Å². The van der Waals surface area contributed by atoms with Crippen molar-refractivity contribution in [1.29, 1.82) is 0 Å². The maximum atomic E-state index is 12.3. The Bertz CT molecular complexity index is 994. The fourth-order valence-corrected chi connectivity index (χ4v) is 4.31. The molecule has 1 aliphatic rings. The summed E-state index contributed by atoms with van der Waals surface area (Å²) in [6.07, 6.45) is 1.71. The highest BCUT2D eigenvalue weighted by atomic mass is 32.2. The number of hydrogen-bond donors (Lipinski definition) is 0. The van der Waals surface area contributed by atoms with Gasteiger partial charge in [0.05, 0.1) is 4.91 Å². The van der Waals surface area contributed by atoms with Gasteiger partial charge in [-0.2, -0.15) is 8.42 Å². The van der Waals surface area contributed by atoms with E-state index < -0.39 is 10.1 Å². The predicted octanol–water partition coefficient (Wildman–Crippen LogP) is 3.59. The van der Waals surface area contributed by atoms with Crippen LogP contribution in [0.3, 0.4) is 0 Å². The van der Waals surface area contributed by atoms with Crippen molar-refractivity contribution in [3.63, 3.8) is 0 Å². The van der Waals surface area contributed by atoms with E-state index in [2.05, 4.69) is 0 Å². The number of benzene rings is 2. The average molecular weight is 406 g/mol. The lowest BCUT2D eigenvalue weighted by Crippen LogP contribution is -2.22. The van der Waals surface area contributed by atoms with Gasteiger partial charge in [0.25, 0.3) is 5.91 Å². The Kier molecular flexibility index (Phi) is 5.17. The number of likely N-dealkylation sites (N-methyl/N-ethyl adjacent to an activating group) is 1. The van der Waals surface area contributed by atoms with Crippen molar-refractivity contribution in [3.8, 4) is 5.75 Å². The molecule has 0 bridgehead atoms. The van der Waals surface area contributed by atoms with Gasteiger partial charge >= 0.3 is 10.1 Å². The molecule has 1 saturated heterocycles. The third-order valence-electron chi connectivity index (χ3n) is 3.68. The Morgan fingerprint density at radius 1 is 1.08 bits per heavy atom. The zero-order valence-electron chi connectivity index (χ0n) is 14.0. The third-order valence-corrected chi connectivity index (χ3v) is 6.43. The summed E-state index contributed by atoms with van der Waals surface area (Å²) in [7, 11) is -2.26. The first-order chi connectivity index (χ1) is 12.3. The molecule has 0 aromatic heterocycles. The summed E-state index contributed by atoms with van der Waals surface area (Å²) in [6.45, 7) is 1.88. The molecular weight excluding hydrogens is 390 g/mol. The molecule has 5 nitrogen and oxygen atoms in total. The number of thioether (sulfide) groups is 1. The highest BCUT2D eigenvalue weighted by Gasteiger charge is 2.28. The molecule has 2 aromatic carbocycles. The second kappa shape index (κ2) is 7.22. The van der Waals surface area contributed by atoms with Gasteiger partial charge in [-0.15, -0.1) is 0 Å². The zero-order valence-corrected chi connectivity index (χ0v) is 16.5. The Balaban J connectivity index is 1.77. The van der Waals surface area contributed by atoms with Crippen LogP contribution in [0, 0.1) is 6.92 Å². The minimum atomic E-state index is -3.89. The second-order valence-corrected chi connectivity index (χ2v) is 8.88. The van der Waals surface area contributed by atoms with E-state index in [0.29, 0.717) is 9.23 Å². The summed E-state index contributed by atoms with van der Waals surface area (Å²) >= 11 is 6.32. The van der Waals surface area contributed by atoms with E-state index in [1.165, 1.54) is 28.8 Å². The molecule has 1 fully saturated rings. The van der Waals surface area contributed by atoms with E-state index in [4.69, 9.17) is 16.4 Å². The standard InChI is InChI=1S/C18H15NO4S3/c1-12-3-9-15(10-4-12)26(21,22)23-14-7-5-13(6-8-14)11-16-17(20)19(2)18(24)25-16/h3-11H,1-2H3. The molecule has 1 amide bonds. The molecule has 26 heavy (non-hydrogen) atoms. The van der Waals surface area contributed by atoms with Crippen LogP contribution < -0.4 is 4.18 Å². The maximum absolute atomic E-state index is 12.3. The van der Waals surface area contributed by atoms with Crippen molar-refractivity contribution in [1.82, 2.24) is 4.90 Å². The number of nitrogens with zero attached hydrogens (tertiary/aromatic N) is 1. The lowest BCUT2D eigenvalue weighted by molar-refractivity contribution is -0.121. The molecule has 8 heteroatoms. The molecule has 2 aromatic rings. The number of rotatable bonds is 4. The molecule has 0 N–H and O–H groups in total. The normalized spacial score (nSPS) is 16.4. The fourth-order valence-electron chi connectivity index (χ4n) is 2.20. The summed E-state index contributed by atoms with van der Waals surface area (Å²) < 4.78 is 30.2. The fraction of sp³-hybridized carbons (Fsp3) is 0.111. The number of aryl methyl sites for hydroxylation is 1. The van der Waals surface area contributed by atoms with Crippen LogP contribution in [0.5, 0.6) is 5.75 Å². The van der Waals surface area contributed by atoms with Crippen molar-refractivity contribution in [2.24, 2.45) is 0 Å². The molecule has 134 valence electrons. The van der Waals surface area contributed by atoms with Gasteiger partial charge in [-0.25, -0.2) is 0 Å². The van der Waals surface area contributed by atoms with Crippen LogP contribution in [-0.4, -0.2) is 30.6 Å². The molecule has 1 heterocycles. The summed E-state index contributed by atoms with van der Waals surface area (Å²) in [5, 5.41) is 0. The Labute approximate surface area is 161 Å². The first-order valence-electron chi connectivity index (χ1n) is 7.59. The minimum Gasteiger partial charge on any atom is -0.379 e. The molecular formula is C18H15NO4S3. The van der Waals surface area contributed by atoms with E-state index in [1.54, 1.807) is 49.5 Å². The molecule has 3 rings (SSSR count). The van der Waals surface area contributed by atoms with E-state index >= 15 is 0 Å². The molecule has 0 radical (unpaired) electrons. The number of carbonyl (C=O) groups excluding carboxylic acids is 1. The molecule has 0 unspecified atom stereocenters. The summed E-state index contributed by atoms with van der Waals surface area (Å²) in [4.78, 5) is 14.0. The van der Waals surface area contributed by atoms with E-state index in [-0.39, 0.29) is 16.6 Å². The van der Waals surface area contributed by atoms with Crippen LogP contribution in [0.2, 0.25) is 0 Å². The largest absolute Gasteiger partial charge is 0.379 e. The number of thiocarbonyl (C=S) groups is 1. The second-order valence-electron chi connectivity index (χ2n) is 5.66. The van der Waals surface area contributed by atoms with Gasteiger partial charge in [-0.05, 0) is 42.8 Å². The van der Waals surface area contributed by atoms with E-state index in [9.17, 15) is 13.2 Å². The number of hydrogen-bond acceptors (Lipinski definition) is 6. The first-order valence-corrected chi connectivity index (χ1v) is 10.2. The van der Waals surface area contributed by atoms with Gasteiger partial charge in [-0.3, -0.25) is 9.69 Å². The van der Waals surface area contributed by atoms with Crippen molar-refractivity contribution < 1.29 is 17.4 Å². The highest BCUT2D eigenvalue weighted by molar-refractivity contribution is 8.26. The predicted molar refractivity (Wildman–Crippen MR) is 106 cm³/mol. The van der Waals surface area contributed by atoms with Crippen LogP contribution >= 0.6 is 24.0 Å². The van der Waals surface area contributed by atoms with Crippen molar-refractivity contribution >= 4 is 50.4 Å². The smallest absolute Gasteiger partial charge is 0.339 e. The van der Waals surface area contributed by atoms with Crippen LogP contribution in [0.25, 0.3) is 6.08 Å². The minimum absolute atomic E-state index is 0.0961. The topological polar surface area (TPSA) is 63.7 Å². The van der Waals surface area contributed by atoms with Crippen LogP contribution in [0.1, 0.15) is 11.1 Å². The first kappa shape index (κ1) is 18.6. The van der Waals surface area contributed by atoms with E-state index in [1.807, 2.05) is 6.92 Å². The number of amides is 1. The molecule has 0 spiro atoms. The van der Waals surface area contributed by atoms with Crippen LogP contribution in [0.4, 0.5) is 0 Å². The Hall–Kier alpha value is -2.16. The summed E-state index contributed by atoms with van der Waals surface area (Å²) in [6, 6.07) is 12.9. The van der Waals surface area contributed by atoms with Gasteiger partial charge in [0.15, 0.2) is 0 Å².